The van der Waals surface area contributed by atoms with Crippen LogP contribution < -0.4 is 5.32 Å². The summed E-state index contributed by atoms with van der Waals surface area (Å²) >= 11 is 11.9. The molecule has 4 nitrogen and oxygen atoms in total. The van der Waals surface area contributed by atoms with Crippen LogP contribution in [0, 0.1) is 13.8 Å². The molecule has 2 aromatic carbocycles. The number of amides is 1. The average Bonchev–Trinajstić information content (AvgIpc) is 2.90. The van der Waals surface area contributed by atoms with Crippen LogP contribution >= 0.6 is 23.2 Å². The van der Waals surface area contributed by atoms with Gasteiger partial charge < -0.3 is 5.32 Å². The molecule has 0 aliphatic heterocycles. The van der Waals surface area contributed by atoms with E-state index in [0.29, 0.717) is 23.1 Å². The number of hydrogen-bond acceptors (Lipinski definition) is 2. The van der Waals surface area contributed by atoms with Gasteiger partial charge in [0.1, 0.15) is 0 Å². The molecule has 1 amide bonds. The molecule has 0 fully saturated rings. The topological polar surface area (TPSA) is 46.9 Å². The summed E-state index contributed by atoms with van der Waals surface area (Å²) in [5.41, 5.74) is 5.06. The van der Waals surface area contributed by atoms with E-state index in [4.69, 9.17) is 23.2 Å². The van der Waals surface area contributed by atoms with Gasteiger partial charge >= 0.3 is 0 Å². The molecule has 0 aliphatic rings. The third-order valence-electron chi connectivity index (χ3n) is 4.52. The number of hydrogen-bond donors (Lipinski definition) is 1. The lowest BCUT2D eigenvalue weighted by molar-refractivity contribution is -0.120. The zero-order valence-electron chi connectivity index (χ0n) is 15.3. The van der Waals surface area contributed by atoms with E-state index in [2.05, 4.69) is 22.5 Å². The van der Waals surface area contributed by atoms with Crippen LogP contribution in [0.3, 0.4) is 0 Å². The second kappa shape index (κ2) is 8.59. The van der Waals surface area contributed by atoms with E-state index in [1.54, 1.807) is 12.1 Å². The summed E-state index contributed by atoms with van der Waals surface area (Å²) in [6.45, 7) is 5.16. The summed E-state index contributed by atoms with van der Waals surface area (Å²) in [4.78, 5) is 12.3. The fraction of sp³-hybridized carbons (Fsp3) is 0.238. The summed E-state index contributed by atoms with van der Waals surface area (Å²) in [6, 6.07) is 15.4. The lowest BCUT2D eigenvalue weighted by atomic mass is 10.1. The van der Waals surface area contributed by atoms with Gasteiger partial charge in [-0.3, -0.25) is 9.48 Å². The summed E-state index contributed by atoms with van der Waals surface area (Å²) in [5, 5.41) is 8.53. The molecule has 0 saturated heterocycles. The van der Waals surface area contributed by atoms with Gasteiger partial charge in [-0.05, 0) is 37.1 Å². The first-order valence-electron chi connectivity index (χ1n) is 8.71. The molecule has 3 aromatic rings. The first-order valence-corrected chi connectivity index (χ1v) is 9.47. The van der Waals surface area contributed by atoms with Crippen molar-refractivity contribution in [2.75, 3.05) is 0 Å². The van der Waals surface area contributed by atoms with Gasteiger partial charge in [-0.15, -0.1) is 0 Å². The highest BCUT2D eigenvalue weighted by atomic mass is 35.5. The molecule has 0 aliphatic carbocycles. The van der Waals surface area contributed by atoms with Crippen LogP contribution in [-0.2, 0) is 24.3 Å². The predicted octanol–water partition coefficient (Wildman–Crippen LogP) is 4.71. The maximum Gasteiger partial charge on any atom is 0.224 e. The van der Waals surface area contributed by atoms with E-state index < -0.39 is 0 Å². The fourth-order valence-corrected chi connectivity index (χ4v) is 3.31. The molecule has 27 heavy (non-hydrogen) atoms. The number of rotatable bonds is 6. The first-order chi connectivity index (χ1) is 12.9. The third kappa shape index (κ3) is 4.90. The summed E-state index contributed by atoms with van der Waals surface area (Å²) in [5.74, 6) is -0.0667. The quantitative estimate of drug-likeness (QED) is 0.649. The number of carbonyl (C=O) groups is 1. The van der Waals surface area contributed by atoms with Gasteiger partial charge in [0.25, 0.3) is 0 Å². The Labute approximate surface area is 169 Å². The maximum atomic E-state index is 12.3. The Balaban J connectivity index is 1.63. The molecule has 6 heteroatoms. The molecule has 140 valence electrons. The number of nitrogens with one attached hydrogen (secondary N) is 1. The second-order valence-electron chi connectivity index (χ2n) is 6.49. The van der Waals surface area contributed by atoms with Crippen molar-refractivity contribution in [3.05, 3.63) is 86.7 Å². The van der Waals surface area contributed by atoms with Crippen molar-refractivity contribution in [3.63, 3.8) is 0 Å². The Hall–Kier alpha value is -2.30. The highest BCUT2D eigenvalue weighted by Gasteiger charge is 2.13. The monoisotopic (exact) mass is 401 g/mol. The Morgan fingerprint density at radius 1 is 1.04 bits per heavy atom. The standard InChI is InChI=1S/C21H21Cl2N3O/c1-14-18(15(2)26(25-14)13-16-6-4-3-5-7-16)12-24-21(27)11-17-8-9-19(22)20(23)10-17/h3-10H,11-13H2,1-2H3,(H,24,27). The number of halogens is 2. The van der Waals surface area contributed by atoms with Crippen LogP contribution in [0.25, 0.3) is 0 Å². The maximum absolute atomic E-state index is 12.3. The Morgan fingerprint density at radius 3 is 2.48 bits per heavy atom. The van der Waals surface area contributed by atoms with Gasteiger partial charge in [0.2, 0.25) is 5.91 Å². The highest BCUT2D eigenvalue weighted by Crippen LogP contribution is 2.22. The number of aryl methyl sites for hydroxylation is 1. The fourth-order valence-electron chi connectivity index (χ4n) is 2.98. The molecule has 1 heterocycles. The number of benzene rings is 2. The average molecular weight is 402 g/mol. The van der Waals surface area contributed by atoms with Gasteiger partial charge in [-0.2, -0.15) is 5.10 Å². The van der Waals surface area contributed by atoms with Crippen molar-refractivity contribution in [2.24, 2.45) is 0 Å². The molecule has 1 N–H and O–H groups in total. The van der Waals surface area contributed by atoms with E-state index in [1.807, 2.05) is 42.8 Å². The van der Waals surface area contributed by atoms with Crippen molar-refractivity contribution in [1.29, 1.82) is 0 Å². The van der Waals surface area contributed by atoms with Crippen molar-refractivity contribution < 1.29 is 4.79 Å². The van der Waals surface area contributed by atoms with Crippen molar-refractivity contribution in [3.8, 4) is 0 Å². The molecule has 3 rings (SSSR count). The van der Waals surface area contributed by atoms with Crippen LogP contribution in [-0.4, -0.2) is 15.7 Å². The number of nitrogens with zero attached hydrogens (tertiary/aromatic N) is 2. The molecule has 0 bridgehead atoms. The SMILES string of the molecule is Cc1nn(Cc2ccccc2)c(C)c1CNC(=O)Cc1ccc(Cl)c(Cl)c1. The lowest BCUT2D eigenvalue weighted by Gasteiger charge is -2.08. The lowest BCUT2D eigenvalue weighted by Crippen LogP contribution is -2.25. The van der Waals surface area contributed by atoms with E-state index in [1.165, 1.54) is 5.56 Å². The molecular formula is C21H21Cl2N3O. The van der Waals surface area contributed by atoms with Crippen LogP contribution in [0.1, 0.15) is 28.1 Å². The van der Waals surface area contributed by atoms with Crippen LogP contribution in [0.4, 0.5) is 0 Å². The summed E-state index contributed by atoms with van der Waals surface area (Å²) in [7, 11) is 0. The van der Waals surface area contributed by atoms with Gasteiger partial charge in [0.15, 0.2) is 0 Å². The van der Waals surface area contributed by atoms with Crippen molar-refractivity contribution >= 4 is 29.1 Å². The molecule has 0 spiro atoms. The minimum atomic E-state index is -0.0667. The molecule has 1 aromatic heterocycles. The van der Waals surface area contributed by atoms with Gasteiger partial charge in [-0.25, -0.2) is 0 Å². The van der Waals surface area contributed by atoms with E-state index in [0.717, 1.165) is 22.5 Å². The molecule has 0 atom stereocenters. The predicted molar refractivity (Wildman–Crippen MR) is 109 cm³/mol. The third-order valence-corrected chi connectivity index (χ3v) is 5.26. The molecule has 0 radical (unpaired) electrons. The first kappa shape index (κ1) is 19.5. The van der Waals surface area contributed by atoms with Gasteiger partial charge in [0, 0.05) is 17.8 Å². The molecular weight excluding hydrogens is 381 g/mol. The van der Waals surface area contributed by atoms with E-state index in [-0.39, 0.29) is 12.3 Å². The van der Waals surface area contributed by atoms with Crippen molar-refractivity contribution in [2.45, 2.75) is 33.4 Å². The van der Waals surface area contributed by atoms with Gasteiger partial charge in [-0.1, -0.05) is 59.6 Å². The summed E-state index contributed by atoms with van der Waals surface area (Å²) in [6.07, 6.45) is 0.257. The minimum Gasteiger partial charge on any atom is -0.352 e. The zero-order valence-corrected chi connectivity index (χ0v) is 16.8. The second-order valence-corrected chi connectivity index (χ2v) is 7.31. The smallest absolute Gasteiger partial charge is 0.224 e. The van der Waals surface area contributed by atoms with E-state index in [9.17, 15) is 4.79 Å². The van der Waals surface area contributed by atoms with Gasteiger partial charge in [0.05, 0.1) is 28.7 Å². The van der Waals surface area contributed by atoms with Crippen molar-refractivity contribution in [1.82, 2.24) is 15.1 Å². The molecule has 0 saturated carbocycles. The van der Waals surface area contributed by atoms with Crippen LogP contribution in [0.5, 0.6) is 0 Å². The molecule has 0 unspecified atom stereocenters. The highest BCUT2D eigenvalue weighted by molar-refractivity contribution is 6.42. The van der Waals surface area contributed by atoms with Crippen LogP contribution in [0.15, 0.2) is 48.5 Å². The largest absolute Gasteiger partial charge is 0.352 e. The normalized spacial score (nSPS) is 10.8. The Bertz CT molecular complexity index is 952. The zero-order chi connectivity index (χ0) is 19.4. The number of carbonyl (C=O) groups excluding carboxylic acids is 1. The minimum absolute atomic E-state index is 0.0667. The Morgan fingerprint density at radius 2 is 1.78 bits per heavy atom. The number of aromatic nitrogens is 2. The Kier molecular flexibility index (Phi) is 6.19. The summed E-state index contributed by atoms with van der Waals surface area (Å²) < 4.78 is 1.98. The van der Waals surface area contributed by atoms with E-state index >= 15 is 0 Å². The van der Waals surface area contributed by atoms with Crippen LogP contribution in [0.2, 0.25) is 10.0 Å².